The van der Waals surface area contributed by atoms with Crippen molar-refractivity contribution in [1.29, 1.82) is 0 Å². The van der Waals surface area contributed by atoms with E-state index in [9.17, 15) is 10.1 Å². The van der Waals surface area contributed by atoms with Crippen LogP contribution in [0.4, 0.5) is 5.69 Å². The molecule has 100 valence electrons. The van der Waals surface area contributed by atoms with Crippen LogP contribution >= 0.6 is 12.6 Å². The van der Waals surface area contributed by atoms with Crippen molar-refractivity contribution in [3.63, 3.8) is 0 Å². The van der Waals surface area contributed by atoms with Crippen molar-refractivity contribution >= 4 is 18.3 Å². The molecule has 1 rings (SSSR count). The van der Waals surface area contributed by atoms with Crippen LogP contribution in [0.25, 0.3) is 0 Å². The van der Waals surface area contributed by atoms with Crippen molar-refractivity contribution in [2.45, 2.75) is 32.6 Å². The predicted molar refractivity (Wildman–Crippen MR) is 75.7 cm³/mol. The Morgan fingerprint density at radius 1 is 1.33 bits per heavy atom. The van der Waals surface area contributed by atoms with Crippen molar-refractivity contribution < 1.29 is 9.66 Å². The van der Waals surface area contributed by atoms with Crippen molar-refractivity contribution in [3.05, 3.63) is 33.9 Å². The van der Waals surface area contributed by atoms with Gasteiger partial charge in [-0.2, -0.15) is 12.6 Å². The van der Waals surface area contributed by atoms with E-state index in [0.717, 1.165) is 37.0 Å². The second-order valence-electron chi connectivity index (χ2n) is 4.05. The summed E-state index contributed by atoms with van der Waals surface area (Å²) in [4.78, 5) is 10.6. The summed E-state index contributed by atoms with van der Waals surface area (Å²) in [5.74, 6) is 1.23. The highest BCUT2D eigenvalue weighted by molar-refractivity contribution is 7.80. The predicted octanol–water partition coefficient (Wildman–Crippen LogP) is 3.64. The number of thiol groups is 1. The average molecular weight is 269 g/mol. The van der Waals surface area contributed by atoms with E-state index in [1.54, 1.807) is 12.1 Å². The van der Waals surface area contributed by atoms with Crippen molar-refractivity contribution in [2.75, 3.05) is 12.4 Å². The van der Waals surface area contributed by atoms with Gasteiger partial charge in [0.05, 0.1) is 11.5 Å². The zero-order valence-corrected chi connectivity index (χ0v) is 11.5. The fraction of sp³-hybridized carbons (Fsp3) is 0.538. The van der Waals surface area contributed by atoms with Gasteiger partial charge < -0.3 is 4.74 Å². The molecule has 0 aliphatic carbocycles. The maximum Gasteiger partial charge on any atom is 0.311 e. The van der Waals surface area contributed by atoms with Crippen molar-refractivity contribution in [3.8, 4) is 5.75 Å². The highest BCUT2D eigenvalue weighted by Gasteiger charge is 2.15. The van der Waals surface area contributed by atoms with Crippen LogP contribution in [-0.2, 0) is 6.42 Å². The molecule has 0 aromatic heterocycles. The number of rotatable bonds is 8. The van der Waals surface area contributed by atoms with Crippen LogP contribution in [-0.4, -0.2) is 17.3 Å². The van der Waals surface area contributed by atoms with Crippen LogP contribution in [0, 0.1) is 10.1 Å². The minimum atomic E-state index is -0.387. The number of unbranched alkanes of at least 4 members (excludes halogenated alkanes) is 2. The number of hydrogen-bond donors (Lipinski definition) is 1. The first kappa shape index (κ1) is 14.8. The van der Waals surface area contributed by atoms with Gasteiger partial charge in [0.2, 0.25) is 0 Å². The van der Waals surface area contributed by atoms with Gasteiger partial charge in [-0.25, -0.2) is 0 Å². The van der Waals surface area contributed by atoms with E-state index in [1.165, 1.54) is 0 Å². The summed E-state index contributed by atoms with van der Waals surface area (Å²) in [7, 11) is 0. The molecule has 0 bridgehead atoms. The van der Waals surface area contributed by atoms with E-state index >= 15 is 0 Å². The summed E-state index contributed by atoms with van der Waals surface area (Å²) in [5, 5.41) is 10.9. The third kappa shape index (κ3) is 4.56. The molecule has 0 saturated carbocycles. The van der Waals surface area contributed by atoms with Crippen molar-refractivity contribution in [1.82, 2.24) is 0 Å². The van der Waals surface area contributed by atoms with Gasteiger partial charge in [0.15, 0.2) is 5.75 Å². The molecule has 0 saturated heterocycles. The lowest BCUT2D eigenvalue weighted by Crippen LogP contribution is -2.01. The van der Waals surface area contributed by atoms with Crippen LogP contribution in [0.5, 0.6) is 5.75 Å². The number of hydrogen-bond acceptors (Lipinski definition) is 4. The third-order valence-electron chi connectivity index (χ3n) is 2.69. The standard InChI is InChI=1S/C13H19NO3S/c1-2-11-6-7-13(12(10-11)14(15)16)17-8-4-3-5-9-18/h6-7,10,18H,2-5,8-9H2,1H3. The number of aryl methyl sites for hydroxylation is 1. The number of ether oxygens (including phenoxy) is 1. The normalized spacial score (nSPS) is 10.3. The monoisotopic (exact) mass is 269 g/mol. The molecule has 0 unspecified atom stereocenters. The highest BCUT2D eigenvalue weighted by Crippen LogP contribution is 2.28. The first-order valence-electron chi connectivity index (χ1n) is 6.20. The van der Waals surface area contributed by atoms with E-state index in [0.29, 0.717) is 12.4 Å². The SMILES string of the molecule is CCc1ccc(OCCCCCS)c([N+](=O)[O-])c1. The summed E-state index contributed by atoms with van der Waals surface area (Å²) in [6.07, 6.45) is 3.75. The smallest absolute Gasteiger partial charge is 0.311 e. The zero-order valence-electron chi connectivity index (χ0n) is 10.6. The molecule has 18 heavy (non-hydrogen) atoms. The summed E-state index contributed by atoms with van der Waals surface area (Å²) in [6.45, 7) is 2.48. The van der Waals surface area contributed by atoms with Crippen LogP contribution in [0.2, 0.25) is 0 Å². The second kappa shape index (κ2) is 7.97. The van der Waals surface area contributed by atoms with Gasteiger partial charge in [-0.3, -0.25) is 10.1 Å². The van der Waals surface area contributed by atoms with E-state index in [1.807, 2.05) is 13.0 Å². The van der Waals surface area contributed by atoms with E-state index in [-0.39, 0.29) is 10.6 Å². The maximum atomic E-state index is 10.9. The molecule has 5 heteroatoms. The number of benzene rings is 1. The van der Waals surface area contributed by atoms with Gasteiger partial charge in [0.25, 0.3) is 0 Å². The van der Waals surface area contributed by atoms with E-state index in [2.05, 4.69) is 12.6 Å². The molecule has 0 aliphatic heterocycles. The van der Waals surface area contributed by atoms with Crippen molar-refractivity contribution in [2.24, 2.45) is 0 Å². The molecular weight excluding hydrogens is 250 g/mol. The average Bonchev–Trinajstić information content (AvgIpc) is 2.38. The summed E-state index contributed by atoms with van der Waals surface area (Å²) in [5.41, 5.74) is 1.01. The Morgan fingerprint density at radius 3 is 2.72 bits per heavy atom. The minimum absolute atomic E-state index is 0.0588. The molecule has 4 nitrogen and oxygen atoms in total. The Labute approximate surface area is 113 Å². The van der Waals surface area contributed by atoms with Gasteiger partial charge in [-0.05, 0) is 43.1 Å². The number of nitro benzene ring substituents is 1. The summed E-state index contributed by atoms with van der Waals surface area (Å²) >= 11 is 4.13. The third-order valence-corrected chi connectivity index (χ3v) is 3.00. The molecular formula is C13H19NO3S. The van der Waals surface area contributed by atoms with Gasteiger partial charge in [-0.1, -0.05) is 13.0 Å². The summed E-state index contributed by atoms with van der Waals surface area (Å²) < 4.78 is 5.48. The van der Waals surface area contributed by atoms with E-state index < -0.39 is 0 Å². The Morgan fingerprint density at radius 2 is 2.11 bits per heavy atom. The van der Waals surface area contributed by atoms with E-state index in [4.69, 9.17) is 4.74 Å². The lowest BCUT2D eigenvalue weighted by atomic mass is 10.1. The molecule has 0 radical (unpaired) electrons. The van der Waals surface area contributed by atoms with Gasteiger partial charge in [-0.15, -0.1) is 0 Å². The largest absolute Gasteiger partial charge is 0.487 e. The number of nitrogens with zero attached hydrogens (tertiary/aromatic N) is 1. The molecule has 0 N–H and O–H groups in total. The topological polar surface area (TPSA) is 52.4 Å². The first-order chi connectivity index (χ1) is 8.69. The Bertz CT molecular complexity index is 396. The fourth-order valence-corrected chi connectivity index (χ4v) is 1.84. The highest BCUT2D eigenvalue weighted by atomic mass is 32.1. The van der Waals surface area contributed by atoms with Gasteiger partial charge >= 0.3 is 5.69 Å². The minimum Gasteiger partial charge on any atom is -0.487 e. The molecule has 1 aromatic rings. The Kier molecular flexibility index (Phi) is 6.57. The lowest BCUT2D eigenvalue weighted by molar-refractivity contribution is -0.385. The van der Waals surface area contributed by atoms with Crippen LogP contribution in [0.15, 0.2) is 18.2 Å². The van der Waals surface area contributed by atoms with Gasteiger partial charge in [0.1, 0.15) is 0 Å². The van der Waals surface area contributed by atoms with Crippen LogP contribution < -0.4 is 4.74 Å². The zero-order chi connectivity index (χ0) is 13.4. The molecule has 0 atom stereocenters. The Hall–Kier alpha value is -1.23. The molecule has 0 aliphatic rings. The number of nitro groups is 1. The molecule has 0 spiro atoms. The lowest BCUT2D eigenvalue weighted by Gasteiger charge is -2.07. The molecule has 1 aromatic carbocycles. The quantitative estimate of drug-likeness (QED) is 0.339. The second-order valence-corrected chi connectivity index (χ2v) is 4.49. The van der Waals surface area contributed by atoms with Gasteiger partial charge in [0, 0.05) is 6.07 Å². The first-order valence-corrected chi connectivity index (χ1v) is 6.83. The Balaban J connectivity index is 2.61. The summed E-state index contributed by atoms with van der Waals surface area (Å²) in [6, 6.07) is 5.15. The molecule has 0 fully saturated rings. The fourth-order valence-electron chi connectivity index (χ4n) is 1.62. The van der Waals surface area contributed by atoms with Crippen LogP contribution in [0.3, 0.4) is 0 Å². The van der Waals surface area contributed by atoms with Crippen LogP contribution in [0.1, 0.15) is 31.7 Å². The molecule has 0 heterocycles. The molecule has 0 amide bonds. The maximum absolute atomic E-state index is 10.9.